The summed E-state index contributed by atoms with van der Waals surface area (Å²) < 4.78 is 31.8. The molecule has 2 rings (SSSR count). The molecule has 0 aromatic heterocycles. The zero-order chi connectivity index (χ0) is 18.8. The summed E-state index contributed by atoms with van der Waals surface area (Å²) in [5.41, 5.74) is -0.939. The number of carboxylic acid groups (broad SMARTS) is 2. The minimum Gasteiger partial charge on any atom is -0.507 e. The number of phenols is 1. The Kier molecular flexibility index (Phi) is 4.84. The number of carbonyl (C=O) groups is 2. The molecule has 0 atom stereocenters. The number of anilines is 1. The Hall–Kier alpha value is -3.27. The van der Waals surface area contributed by atoms with Crippen LogP contribution in [0.2, 0.25) is 0 Å². The van der Waals surface area contributed by atoms with E-state index >= 15 is 0 Å². The first kappa shape index (κ1) is 18.1. The van der Waals surface area contributed by atoms with Crippen molar-refractivity contribution in [2.75, 3.05) is 11.8 Å². The van der Waals surface area contributed by atoms with Crippen LogP contribution in [0.4, 0.5) is 5.69 Å². The molecule has 25 heavy (non-hydrogen) atoms. The largest absolute Gasteiger partial charge is 0.507 e. The highest BCUT2D eigenvalue weighted by Gasteiger charge is 2.20. The van der Waals surface area contributed by atoms with Gasteiger partial charge >= 0.3 is 11.9 Å². The minimum atomic E-state index is -4.19. The number of hydrogen-bond donors (Lipinski definition) is 4. The molecule has 10 heteroatoms. The van der Waals surface area contributed by atoms with Gasteiger partial charge < -0.3 is 20.1 Å². The fourth-order valence-electron chi connectivity index (χ4n) is 2.01. The van der Waals surface area contributed by atoms with Crippen molar-refractivity contribution in [2.45, 2.75) is 4.90 Å². The third-order valence-corrected chi connectivity index (χ3v) is 4.57. The number of nitrogens with one attached hydrogen (secondary N) is 1. The monoisotopic (exact) mass is 367 g/mol. The summed E-state index contributed by atoms with van der Waals surface area (Å²) in [5.74, 6) is -3.33. The lowest BCUT2D eigenvalue weighted by Gasteiger charge is -2.11. The normalized spacial score (nSPS) is 10.9. The van der Waals surface area contributed by atoms with E-state index in [0.29, 0.717) is 0 Å². The molecular formula is C15H13NO8S. The average molecular weight is 367 g/mol. The maximum atomic E-state index is 12.4. The number of aromatic hydroxyl groups is 1. The van der Waals surface area contributed by atoms with Crippen LogP contribution in [-0.2, 0) is 10.0 Å². The molecule has 0 saturated heterocycles. The highest BCUT2D eigenvalue weighted by Crippen LogP contribution is 2.26. The lowest BCUT2D eigenvalue weighted by molar-refractivity contribution is 0.0682. The van der Waals surface area contributed by atoms with E-state index in [1.165, 1.54) is 19.2 Å². The third kappa shape index (κ3) is 3.80. The number of methoxy groups -OCH3 is 1. The highest BCUT2D eigenvalue weighted by molar-refractivity contribution is 7.92. The zero-order valence-electron chi connectivity index (χ0n) is 12.8. The van der Waals surface area contributed by atoms with Crippen molar-refractivity contribution in [3.05, 3.63) is 47.5 Å². The molecule has 132 valence electrons. The summed E-state index contributed by atoms with van der Waals surface area (Å²) in [6.45, 7) is 0. The molecule has 9 nitrogen and oxygen atoms in total. The first-order valence-electron chi connectivity index (χ1n) is 6.66. The Bertz CT molecular complexity index is 952. The smallest absolute Gasteiger partial charge is 0.339 e. The molecule has 0 spiro atoms. The summed E-state index contributed by atoms with van der Waals surface area (Å²) in [6.07, 6.45) is 0. The van der Waals surface area contributed by atoms with Crippen LogP contribution in [0.15, 0.2) is 41.3 Å². The molecule has 0 aliphatic carbocycles. The molecule has 0 amide bonds. The number of aromatic carboxylic acids is 2. The third-order valence-electron chi connectivity index (χ3n) is 3.19. The molecule has 0 heterocycles. The predicted octanol–water partition coefficient (Wildman–Crippen LogP) is 1.60. The average Bonchev–Trinajstić information content (AvgIpc) is 2.55. The lowest BCUT2D eigenvalue weighted by Crippen LogP contribution is -2.14. The predicted molar refractivity (Wildman–Crippen MR) is 85.8 cm³/mol. The van der Waals surface area contributed by atoms with Crippen LogP contribution in [0.3, 0.4) is 0 Å². The van der Waals surface area contributed by atoms with Crippen LogP contribution in [0, 0.1) is 0 Å². The SMILES string of the molecule is COc1ccc(S(=O)(=O)Nc2ccc(O)c(C(=O)O)c2)cc1C(=O)O. The van der Waals surface area contributed by atoms with Crippen LogP contribution >= 0.6 is 0 Å². The fraction of sp³-hybridized carbons (Fsp3) is 0.0667. The maximum Gasteiger partial charge on any atom is 0.339 e. The Labute approximate surface area is 142 Å². The van der Waals surface area contributed by atoms with Crippen LogP contribution in [-0.4, -0.2) is 42.8 Å². The molecule has 0 unspecified atom stereocenters. The molecule has 4 N–H and O–H groups in total. The molecule has 0 aliphatic rings. The summed E-state index contributed by atoms with van der Waals surface area (Å²) in [5, 5.41) is 27.5. The summed E-state index contributed by atoms with van der Waals surface area (Å²) >= 11 is 0. The topological polar surface area (TPSA) is 150 Å². The van der Waals surface area contributed by atoms with Crippen LogP contribution < -0.4 is 9.46 Å². The number of benzene rings is 2. The van der Waals surface area contributed by atoms with E-state index < -0.39 is 33.3 Å². The molecule has 0 bridgehead atoms. The van der Waals surface area contributed by atoms with E-state index in [1.54, 1.807) is 0 Å². The summed E-state index contributed by atoms with van der Waals surface area (Å²) in [4.78, 5) is 21.8. The molecule has 0 radical (unpaired) electrons. The van der Waals surface area contributed by atoms with Crippen molar-refractivity contribution >= 4 is 27.6 Å². The van der Waals surface area contributed by atoms with Gasteiger partial charge in [0, 0.05) is 5.69 Å². The maximum absolute atomic E-state index is 12.4. The van der Waals surface area contributed by atoms with E-state index in [1.807, 2.05) is 0 Å². The van der Waals surface area contributed by atoms with Gasteiger partial charge in [0.2, 0.25) is 0 Å². The Morgan fingerprint density at radius 1 is 1.00 bits per heavy atom. The zero-order valence-corrected chi connectivity index (χ0v) is 13.6. The summed E-state index contributed by atoms with van der Waals surface area (Å²) in [7, 11) is -2.95. The Morgan fingerprint density at radius 2 is 1.64 bits per heavy atom. The number of sulfonamides is 1. The van der Waals surface area contributed by atoms with Crippen molar-refractivity contribution in [3.63, 3.8) is 0 Å². The van der Waals surface area contributed by atoms with Crippen molar-refractivity contribution in [3.8, 4) is 11.5 Å². The molecule has 0 aliphatic heterocycles. The minimum absolute atomic E-state index is 0.00996. The van der Waals surface area contributed by atoms with Crippen molar-refractivity contribution < 1.29 is 38.1 Å². The Morgan fingerprint density at radius 3 is 2.20 bits per heavy atom. The van der Waals surface area contributed by atoms with Gasteiger partial charge in [-0.15, -0.1) is 0 Å². The van der Waals surface area contributed by atoms with Crippen molar-refractivity contribution in [1.29, 1.82) is 0 Å². The van der Waals surface area contributed by atoms with E-state index in [0.717, 1.165) is 24.3 Å². The standard InChI is InChI=1S/C15H13NO8S/c1-24-13-5-3-9(7-11(13)15(20)21)25(22,23)16-8-2-4-12(17)10(6-8)14(18)19/h2-7,16-17H,1H3,(H,18,19)(H,20,21). The molecule has 0 saturated carbocycles. The van der Waals surface area contributed by atoms with Gasteiger partial charge in [0.05, 0.1) is 12.0 Å². The van der Waals surface area contributed by atoms with E-state index in [4.69, 9.17) is 14.9 Å². The lowest BCUT2D eigenvalue weighted by atomic mass is 10.2. The number of ether oxygens (including phenoxy) is 1. The second kappa shape index (κ2) is 6.69. The molecule has 2 aromatic carbocycles. The molecule has 0 fully saturated rings. The fourth-order valence-corrected chi connectivity index (χ4v) is 3.08. The van der Waals surface area contributed by atoms with E-state index in [2.05, 4.69) is 4.72 Å². The van der Waals surface area contributed by atoms with Crippen LogP contribution in [0.5, 0.6) is 11.5 Å². The van der Waals surface area contributed by atoms with Crippen molar-refractivity contribution in [2.24, 2.45) is 0 Å². The van der Waals surface area contributed by atoms with Gasteiger partial charge in [0.25, 0.3) is 10.0 Å². The number of carboxylic acids is 2. The molecule has 2 aromatic rings. The summed E-state index contributed by atoms with van der Waals surface area (Å²) in [6, 6.07) is 6.39. The van der Waals surface area contributed by atoms with E-state index in [9.17, 15) is 23.1 Å². The quantitative estimate of drug-likeness (QED) is 0.562. The Balaban J connectivity index is 2.43. The highest BCUT2D eigenvalue weighted by atomic mass is 32.2. The number of hydrogen-bond acceptors (Lipinski definition) is 6. The first-order chi connectivity index (χ1) is 11.7. The molecular weight excluding hydrogens is 354 g/mol. The van der Waals surface area contributed by atoms with E-state index in [-0.39, 0.29) is 21.9 Å². The van der Waals surface area contributed by atoms with Gasteiger partial charge in [-0.25, -0.2) is 18.0 Å². The van der Waals surface area contributed by atoms with Gasteiger partial charge in [-0.05, 0) is 36.4 Å². The van der Waals surface area contributed by atoms with Gasteiger partial charge in [0.15, 0.2) is 0 Å². The first-order valence-corrected chi connectivity index (χ1v) is 8.14. The number of rotatable bonds is 6. The van der Waals surface area contributed by atoms with Gasteiger partial charge in [-0.3, -0.25) is 4.72 Å². The van der Waals surface area contributed by atoms with Crippen LogP contribution in [0.1, 0.15) is 20.7 Å². The van der Waals surface area contributed by atoms with Gasteiger partial charge in [-0.1, -0.05) is 0 Å². The van der Waals surface area contributed by atoms with Gasteiger partial charge in [0.1, 0.15) is 22.6 Å². The second-order valence-electron chi connectivity index (χ2n) is 4.81. The van der Waals surface area contributed by atoms with Crippen molar-refractivity contribution in [1.82, 2.24) is 0 Å². The van der Waals surface area contributed by atoms with Gasteiger partial charge in [-0.2, -0.15) is 0 Å². The second-order valence-corrected chi connectivity index (χ2v) is 6.49. The van der Waals surface area contributed by atoms with Crippen LogP contribution in [0.25, 0.3) is 0 Å².